The number of aliphatic hydroxyl groups excluding tert-OH is 2. The van der Waals surface area contributed by atoms with E-state index in [1.807, 2.05) is 29.2 Å². The molecule has 0 radical (unpaired) electrons. The maximum atomic E-state index is 11.8. The van der Waals surface area contributed by atoms with Gasteiger partial charge in [-0.3, -0.25) is 4.79 Å². The van der Waals surface area contributed by atoms with Gasteiger partial charge in [-0.15, -0.1) is 0 Å². The number of hydrogen-bond acceptors (Lipinski definition) is 4. The molecule has 4 nitrogen and oxygen atoms in total. The van der Waals surface area contributed by atoms with E-state index in [-0.39, 0.29) is 19.0 Å². The van der Waals surface area contributed by atoms with Gasteiger partial charge >= 0.3 is 0 Å². The number of ketones is 1. The lowest BCUT2D eigenvalue weighted by molar-refractivity contribution is 0.0980. The Morgan fingerprint density at radius 1 is 1.11 bits per heavy atom. The first-order valence-electron chi connectivity index (χ1n) is 6.82. The summed E-state index contributed by atoms with van der Waals surface area (Å²) < 4.78 is 0. The van der Waals surface area contributed by atoms with Gasteiger partial charge in [0.05, 0.1) is 13.2 Å². The molecule has 0 fully saturated rings. The van der Waals surface area contributed by atoms with E-state index in [1.54, 1.807) is 0 Å². The summed E-state index contributed by atoms with van der Waals surface area (Å²) in [5.41, 5.74) is 1.64. The van der Waals surface area contributed by atoms with E-state index < -0.39 is 0 Å². The largest absolute Gasteiger partial charge is 0.395 e. The number of carbonyl (C=O) groups is 1. The van der Waals surface area contributed by atoms with Gasteiger partial charge < -0.3 is 15.1 Å². The first kappa shape index (κ1) is 15.7. The van der Waals surface area contributed by atoms with Crippen LogP contribution in [0.4, 0.5) is 5.69 Å². The van der Waals surface area contributed by atoms with E-state index in [1.165, 1.54) is 0 Å². The summed E-state index contributed by atoms with van der Waals surface area (Å²) >= 11 is 0. The predicted octanol–water partition coefficient (Wildman–Crippen LogP) is 1.85. The molecule has 1 aromatic carbocycles. The van der Waals surface area contributed by atoms with Gasteiger partial charge in [0, 0.05) is 30.8 Å². The zero-order valence-electron chi connectivity index (χ0n) is 11.5. The average Bonchev–Trinajstić information content (AvgIpc) is 2.44. The van der Waals surface area contributed by atoms with Crippen molar-refractivity contribution in [2.45, 2.75) is 26.2 Å². The van der Waals surface area contributed by atoms with Crippen molar-refractivity contribution in [3.8, 4) is 0 Å². The monoisotopic (exact) mass is 265 g/mol. The number of benzene rings is 1. The Kier molecular flexibility index (Phi) is 7.15. The summed E-state index contributed by atoms with van der Waals surface area (Å²) in [6.07, 6.45) is 2.53. The number of aliphatic hydroxyl groups is 2. The Bertz CT molecular complexity index is 369. The van der Waals surface area contributed by atoms with E-state index in [4.69, 9.17) is 10.2 Å². The fourth-order valence-electron chi connectivity index (χ4n) is 1.95. The summed E-state index contributed by atoms with van der Waals surface area (Å²) in [5.74, 6) is 0.171. The number of rotatable bonds is 9. The third-order valence-corrected chi connectivity index (χ3v) is 3.05. The van der Waals surface area contributed by atoms with Crippen molar-refractivity contribution in [3.05, 3.63) is 29.8 Å². The summed E-state index contributed by atoms with van der Waals surface area (Å²) in [6.45, 7) is 3.10. The van der Waals surface area contributed by atoms with Crippen LogP contribution in [0.1, 0.15) is 36.5 Å². The maximum absolute atomic E-state index is 11.8. The molecule has 106 valence electrons. The summed E-state index contributed by atoms with van der Waals surface area (Å²) in [7, 11) is 0. The number of anilines is 1. The number of hydrogen-bond donors (Lipinski definition) is 2. The molecule has 0 saturated carbocycles. The highest BCUT2D eigenvalue weighted by atomic mass is 16.3. The molecule has 0 unspecified atom stereocenters. The molecule has 1 rings (SSSR count). The summed E-state index contributed by atoms with van der Waals surface area (Å²) in [5, 5.41) is 18.0. The van der Waals surface area contributed by atoms with Crippen LogP contribution in [0.15, 0.2) is 24.3 Å². The van der Waals surface area contributed by atoms with Gasteiger partial charge in [-0.2, -0.15) is 0 Å². The molecule has 0 spiro atoms. The second-order valence-electron chi connectivity index (χ2n) is 4.51. The molecule has 4 heteroatoms. The Balaban J connectivity index is 2.70. The van der Waals surface area contributed by atoms with Gasteiger partial charge in [0.25, 0.3) is 0 Å². The van der Waals surface area contributed by atoms with Gasteiger partial charge in [0.15, 0.2) is 5.78 Å². The fourth-order valence-corrected chi connectivity index (χ4v) is 1.95. The van der Waals surface area contributed by atoms with Crippen LogP contribution in [0.5, 0.6) is 0 Å². The van der Waals surface area contributed by atoms with Crippen molar-refractivity contribution in [2.75, 3.05) is 31.2 Å². The third-order valence-electron chi connectivity index (χ3n) is 3.05. The van der Waals surface area contributed by atoms with Crippen LogP contribution in [0.25, 0.3) is 0 Å². The van der Waals surface area contributed by atoms with Gasteiger partial charge in [0.2, 0.25) is 0 Å². The molecule has 0 aromatic heterocycles. The van der Waals surface area contributed by atoms with Crippen LogP contribution in [-0.4, -0.2) is 42.3 Å². The van der Waals surface area contributed by atoms with Crippen LogP contribution in [0.2, 0.25) is 0 Å². The van der Waals surface area contributed by atoms with Gasteiger partial charge in [-0.1, -0.05) is 13.3 Å². The standard InChI is InChI=1S/C15H23NO3/c1-2-3-4-15(19)13-5-7-14(8-6-13)16(9-11-17)10-12-18/h5-8,17-18H,2-4,9-12H2,1H3. The van der Waals surface area contributed by atoms with Crippen molar-refractivity contribution in [3.63, 3.8) is 0 Å². The molecule has 0 bridgehead atoms. The highest BCUT2D eigenvalue weighted by Crippen LogP contribution is 2.16. The zero-order valence-corrected chi connectivity index (χ0v) is 11.5. The Labute approximate surface area is 114 Å². The van der Waals surface area contributed by atoms with Crippen LogP contribution in [-0.2, 0) is 0 Å². The van der Waals surface area contributed by atoms with Crippen molar-refractivity contribution in [2.24, 2.45) is 0 Å². The van der Waals surface area contributed by atoms with Crippen LogP contribution in [0, 0.1) is 0 Å². The minimum absolute atomic E-state index is 0.0389. The SMILES string of the molecule is CCCCC(=O)c1ccc(N(CCO)CCO)cc1. The number of unbranched alkanes of at least 4 members (excludes halogenated alkanes) is 1. The zero-order chi connectivity index (χ0) is 14.1. The Hall–Kier alpha value is -1.39. The molecule has 19 heavy (non-hydrogen) atoms. The Morgan fingerprint density at radius 2 is 1.68 bits per heavy atom. The van der Waals surface area contributed by atoms with E-state index in [2.05, 4.69) is 6.92 Å². The first-order chi connectivity index (χ1) is 9.22. The Morgan fingerprint density at radius 3 is 2.16 bits per heavy atom. The number of nitrogens with zero attached hydrogens (tertiary/aromatic N) is 1. The molecule has 0 atom stereocenters. The maximum Gasteiger partial charge on any atom is 0.162 e. The first-order valence-corrected chi connectivity index (χ1v) is 6.82. The molecule has 0 aliphatic carbocycles. The fraction of sp³-hybridized carbons (Fsp3) is 0.533. The second-order valence-corrected chi connectivity index (χ2v) is 4.51. The van der Waals surface area contributed by atoms with E-state index >= 15 is 0 Å². The quantitative estimate of drug-likeness (QED) is 0.669. The van der Waals surface area contributed by atoms with Gasteiger partial charge in [-0.05, 0) is 30.7 Å². The number of Topliss-reactive ketones (excluding diaryl/α,β-unsaturated/α-hetero) is 1. The lowest BCUT2D eigenvalue weighted by Gasteiger charge is -2.23. The second kappa shape index (κ2) is 8.67. The highest BCUT2D eigenvalue weighted by molar-refractivity contribution is 5.96. The van der Waals surface area contributed by atoms with Crippen LogP contribution >= 0.6 is 0 Å². The normalized spacial score (nSPS) is 10.5. The van der Waals surface area contributed by atoms with Crippen molar-refractivity contribution in [1.29, 1.82) is 0 Å². The predicted molar refractivity (Wildman–Crippen MR) is 76.7 cm³/mol. The van der Waals surface area contributed by atoms with Crippen molar-refractivity contribution < 1.29 is 15.0 Å². The van der Waals surface area contributed by atoms with Gasteiger partial charge in [-0.25, -0.2) is 0 Å². The van der Waals surface area contributed by atoms with E-state index in [0.29, 0.717) is 19.5 Å². The molecule has 0 saturated heterocycles. The molecule has 0 heterocycles. The smallest absolute Gasteiger partial charge is 0.162 e. The molecular formula is C15H23NO3. The van der Waals surface area contributed by atoms with Gasteiger partial charge in [0.1, 0.15) is 0 Å². The summed E-state index contributed by atoms with van der Waals surface area (Å²) in [4.78, 5) is 13.7. The summed E-state index contributed by atoms with van der Waals surface area (Å²) in [6, 6.07) is 7.36. The van der Waals surface area contributed by atoms with Crippen molar-refractivity contribution >= 4 is 11.5 Å². The minimum Gasteiger partial charge on any atom is -0.395 e. The topological polar surface area (TPSA) is 60.8 Å². The molecule has 0 aliphatic rings. The average molecular weight is 265 g/mol. The highest BCUT2D eigenvalue weighted by Gasteiger charge is 2.08. The third kappa shape index (κ3) is 5.01. The minimum atomic E-state index is 0.0389. The lowest BCUT2D eigenvalue weighted by atomic mass is 10.1. The lowest BCUT2D eigenvalue weighted by Crippen LogP contribution is -2.29. The van der Waals surface area contributed by atoms with Crippen LogP contribution < -0.4 is 4.90 Å². The molecule has 0 amide bonds. The van der Waals surface area contributed by atoms with Crippen LogP contribution in [0.3, 0.4) is 0 Å². The molecular weight excluding hydrogens is 242 g/mol. The van der Waals surface area contributed by atoms with Crippen molar-refractivity contribution in [1.82, 2.24) is 0 Å². The molecule has 2 N–H and O–H groups in total. The molecule has 0 aliphatic heterocycles. The van der Waals surface area contributed by atoms with E-state index in [9.17, 15) is 4.79 Å². The molecule has 1 aromatic rings. The number of carbonyl (C=O) groups excluding carboxylic acids is 1. The van der Waals surface area contributed by atoms with E-state index in [0.717, 1.165) is 24.1 Å².